The van der Waals surface area contributed by atoms with Gasteiger partial charge in [0.15, 0.2) is 0 Å². The van der Waals surface area contributed by atoms with E-state index in [1.165, 1.54) is 161 Å². The van der Waals surface area contributed by atoms with Crippen molar-refractivity contribution in [3.8, 4) is 33.4 Å². The normalized spacial score (nSPS) is 12.0. The zero-order valence-electron chi connectivity index (χ0n) is 77.0. The number of fused-ring (bicyclic) bond motifs is 14. The van der Waals surface area contributed by atoms with Crippen molar-refractivity contribution in [1.29, 1.82) is 0 Å². The minimum absolute atomic E-state index is 0. The summed E-state index contributed by atoms with van der Waals surface area (Å²) in [5.41, 5.74) is 18.4. The first kappa shape index (κ1) is 97.3. The van der Waals surface area contributed by atoms with Crippen LogP contribution in [0.15, 0.2) is 579 Å². The van der Waals surface area contributed by atoms with E-state index in [0.29, 0.717) is 5.46 Å². The summed E-state index contributed by atoms with van der Waals surface area (Å²) in [6.07, 6.45) is 0. The first-order chi connectivity index (χ1) is 69.1. The first-order valence-corrected chi connectivity index (χ1v) is 55.0. The van der Waals surface area contributed by atoms with E-state index in [1.54, 1.807) is 0 Å². The van der Waals surface area contributed by atoms with Crippen molar-refractivity contribution in [3.63, 3.8) is 0 Å². The summed E-state index contributed by atoms with van der Waals surface area (Å²) in [5.74, 6) is 0. The zero-order chi connectivity index (χ0) is 95.0. The quantitative estimate of drug-likeness (QED) is 0.0647. The van der Waals surface area contributed by atoms with Crippen molar-refractivity contribution in [2.24, 2.45) is 0 Å². The summed E-state index contributed by atoms with van der Waals surface area (Å²) in [6, 6.07) is 203. The Labute approximate surface area is 877 Å². The molecular formula is C130H96BBr2IO2P4Pd. The Kier molecular flexibility index (Phi) is 31.7. The van der Waals surface area contributed by atoms with Crippen LogP contribution in [-0.2, 0) is 31.3 Å². The van der Waals surface area contributed by atoms with Gasteiger partial charge in [-0.1, -0.05) is 566 Å². The summed E-state index contributed by atoms with van der Waals surface area (Å²) >= 11 is 9.27. The van der Waals surface area contributed by atoms with Crippen molar-refractivity contribution in [1.82, 2.24) is 0 Å². The third kappa shape index (κ3) is 20.7. The molecule has 0 saturated heterocycles. The number of halogens is 3. The van der Waals surface area contributed by atoms with Gasteiger partial charge in [0.2, 0.25) is 0 Å². The third-order valence-electron chi connectivity index (χ3n) is 26.0. The van der Waals surface area contributed by atoms with E-state index in [9.17, 15) is 10.0 Å². The fourth-order valence-corrected chi connectivity index (χ4v) is 31.0. The molecule has 0 amide bonds. The molecule has 0 heterocycles. The fraction of sp³-hybridized carbons (Fsp3) is 0.0154. The van der Waals surface area contributed by atoms with E-state index in [1.807, 2.05) is 30.3 Å². The average Bonchev–Trinajstić information content (AvgIpc) is 1.49. The molecule has 22 aromatic rings. The molecule has 11 heteroatoms. The van der Waals surface area contributed by atoms with Gasteiger partial charge >= 0.3 is 7.12 Å². The number of rotatable bonds is 14. The largest absolute Gasteiger partial charge is 0.488 e. The van der Waals surface area contributed by atoms with Crippen molar-refractivity contribution < 1.29 is 30.5 Å². The molecular weight excluding hydrogens is 2120 g/mol. The minimum atomic E-state index is -1.47. The molecule has 0 fully saturated rings. The SMILES string of the molecule is Brc1cccc(-c2ccc3c(c2)C2(c4ccccc4-3)c3cccc4cccc2c34)c1.Brc1cccc(I)c1.OB(O)c1ccc2c(c1)C1(c3ccccc3-2)c2cccc3cccc1c23.[Pd].c1ccc(P(c2ccccc2)c2ccccc2)cc1.c1ccc(P(c2ccccc2)c2ccccc2)cc1.c1ccc(P(c2ccccc2)c2ccccc2)cc1.c1ccc(P(c2ccccc2)c2ccccc2)cc1. The van der Waals surface area contributed by atoms with Crippen molar-refractivity contribution in [3.05, 3.63) is 627 Å². The Morgan fingerprint density at radius 3 is 0.667 bits per heavy atom. The average molecular weight is 2220 g/mol. The van der Waals surface area contributed by atoms with Crippen LogP contribution in [0.1, 0.15) is 44.5 Å². The monoisotopic (exact) mass is 2210 g/mol. The van der Waals surface area contributed by atoms with Crippen LogP contribution in [-0.4, -0.2) is 17.2 Å². The Hall–Kier alpha value is -12.6. The maximum Gasteiger partial charge on any atom is 0.488 e. The Bertz CT molecular complexity index is 7000. The van der Waals surface area contributed by atoms with Gasteiger partial charge in [-0.15, -0.1) is 0 Å². The smallest absolute Gasteiger partial charge is 0.423 e. The van der Waals surface area contributed by atoms with Crippen molar-refractivity contribution in [2.75, 3.05) is 0 Å². The van der Waals surface area contributed by atoms with Crippen molar-refractivity contribution in [2.45, 2.75) is 10.8 Å². The van der Waals surface area contributed by atoms with E-state index in [0.717, 1.165) is 14.5 Å². The molecule has 0 bridgehead atoms. The van der Waals surface area contributed by atoms with E-state index in [-0.39, 0.29) is 31.3 Å². The van der Waals surface area contributed by atoms with Gasteiger partial charge in [0.25, 0.3) is 0 Å². The Balaban J connectivity index is 0.000000107. The molecule has 22 aromatic carbocycles. The molecule has 0 aliphatic heterocycles. The van der Waals surface area contributed by atoms with Crippen molar-refractivity contribution >= 4 is 184 Å². The maximum absolute atomic E-state index is 9.74. The molecule has 0 atom stereocenters. The summed E-state index contributed by atoms with van der Waals surface area (Å²) in [6.45, 7) is 0. The molecule has 0 aromatic heterocycles. The van der Waals surface area contributed by atoms with Gasteiger partial charge in [0.1, 0.15) is 0 Å². The molecule has 26 rings (SSSR count). The van der Waals surface area contributed by atoms with Gasteiger partial charge in [-0.3, -0.25) is 0 Å². The summed E-state index contributed by atoms with van der Waals surface area (Å²) in [4.78, 5) is 0. The van der Waals surface area contributed by atoms with E-state index in [2.05, 4.69) is 594 Å². The summed E-state index contributed by atoms with van der Waals surface area (Å²) < 4.78 is 3.51. The first-order valence-electron chi connectivity index (χ1n) is 47.0. The van der Waals surface area contributed by atoms with E-state index >= 15 is 0 Å². The van der Waals surface area contributed by atoms with Crippen LogP contribution < -0.4 is 69.1 Å². The van der Waals surface area contributed by atoms with Crippen LogP contribution >= 0.6 is 86.1 Å². The predicted molar refractivity (Wildman–Crippen MR) is 620 cm³/mol. The van der Waals surface area contributed by atoms with Crippen LogP contribution in [0.25, 0.3) is 54.9 Å². The van der Waals surface area contributed by atoms with Crippen LogP contribution in [0.2, 0.25) is 0 Å². The van der Waals surface area contributed by atoms with Gasteiger partial charge in [-0.25, -0.2) is 0 Å². The molecule has 4 aliphatic rings. The van der Waals surface area contributed by atoms with Gasteiger partial charge in [-0.2, -0.15) is 0 Å². The number of hydrogen-bond acceptors (Lipinski definition) is 2. The number of hydrogen-bond donors (Lipinski definition) is 2. The molecule has 0 radical (unpaired) electrons. The minimum Gasteiger partial charge on any atom is -0.423 e. The molecule has 2 nitrogen and oxygen atoms in total. The second-order valence-electron chi connectivity index (χ2n) is 34.3. The number of benzene rings is 22. The molecule has 4 aliphatic carbocycles. The Morgan fingerprint density at radius 2 is 0.411 bits per heavy atom. The summed E-state index contributed by atoms with van der Waals surface area (Å²) in [7, 11) is -3.25. The third-order valence-corrected chi connectivity index (χ3v) is 37.4. The molecule has 0 unspecified atom stereocenters. The second kappa shape index (κ2) is 46.0. The molecule has 0 saturated carbocycles. The van der Waals surface area contributed by atoms with Crippen LogP contribution in [0.4, 0.5) is 0 Å². The van der Waals surface area contributed by atoms with Crippen LogP contribution in [0.3, 0.4) is 0 Å². The van der Waals surface area contributed by atoms with Gasteiger partial charge in [-0.05, 0) is 259 Å². The van der Waals surface area contributed by atoms with E-state index < -0.39 is 38.8 Å². The van der Waals surface area contributed by atoms with Crippen LogP contribution in [0, 0.1) is 3.57 Å². The summed E-state index contributed by atoms with van der Waals surface area (Å²) in [5, 5.41) is 41.6. The molecule has 2 spiro atoms. The second-order valence-corrected chi connectivity index (χ2v) is 46.2. The molecule has 682 valence electrons. The van der Waals surface area contributed by atoms with Gasteiger partial charge in [0.05, 0.1) is 10.8 Å². The predicted octanol–water partition coefficient (Wildman–Crippen LogP) is 28.0. The maximum atomic E-state index is 9.74. The van der Waals surface area contributed by atoms with E-state index in [4.69, 9.17) is 0 Å². The Morgan fingerprint density at radius 1 is 0.191 bits per heavy atom. The zero-order valence-corrected chi connectivity index (χ0v) is 87.4. The van der Waals surface area contributed by atoms with Gasteiger partial charge < -0.3 is 10.0 Å². The molecule has 2 N–H and O–H groups in total. The standard InChI is InChI=1S/C29H17Br.C23H15BO2.4C18H15P.C6H4BrI.Pd/c30-21-9-3-8-19(16-21)20-14-15-23-22-10-1-2-11-24(22)29(27(23)17-20)25-12-4-6-18-7-5-13-26(29)28(18)25;25-24(26)15-11-12-17-16-7-1-2-8-18(16)23(21(17)13-15)19-9-3-5-14-6-4-10-20(23)22(14)19;4*1-4-10-16(11-5-1)19(17-12-6-2-7-13-17)18-14-8-3-9-15-18;7-5-2-1-3-6(8)4-5;/h1-17H;1-13,25-26H;4*1-15H;1-4H;. The topological polar surface area (TPSA) is 40.5 Å². The fourth-order valence-electron chi connectivity index (χ4n) is 20.0. The molecule has 141 heavy (non-hydrogen) atoms. The van der Waals surface area contributed by atoms with Gasteiger partial charge in [0, 0.05) is 32.9 Å². The van der Waals surface area contributed by atoms with Crippen LogP contribution in [0.5, 0.6) is 0 Å².